The summed E-state index contributed by atoms with van der Waals surface area (Å²) in [6.07, 6.45) is 6.13. The van der Waals surface area contributed by atoms with Gasteiger partial charge in [-0.2, -0.15) is 0 Å². The number of hydrogen-bond donors (Lipinski definition) is 1. The third-order valence-corrected chi connectivity index (χ3v) is 3.09. The number of carboxylic acid groups (broad SMARTS) is 1. The first-order valence-electron chi connectivity index (χ1n) is 6.49. The van der Waals surface area contributed by atoms with Gasteiger partial charge in [0.25, 0.3) is 0 Å². The molecule has 19 heavy (non-hydrogen) atoms. The van der Waals surface area contributed by atoms with Gasteiger partial charge in [0.2, 0.25) is 0 Å². The molecule has 2 fully saturated rings. The Morgan fingerprint density at radius 1 is 1.16 bits per heavy atom. The van der Waals surface area contributed by atoms with Gasteiger partial charge in [-0.05, 0) is 37.7 Å². The van der Waals surface area contributed by atoms with Crippen molar-refractivity contribution in [2.75, 3.05) is 0 Å². The Morgan fingerprint density at radius 2 is 1.79 bits per heavy atom. The standard InChI is InChI=1S/C16H13NO2/c18-16(19)14-9-13(6-5-11-1-2-11)10-17-15(14)8-7-12-3-4-12/h9-12H,1-4H2,(H,18,19). The molecule has 0 saturated heterocycles. The minimum absolute atomic E-state index is 0.149. The number of carbonyl (C=O) groups is 1. The molecule has 2 aliphatic rings. The van der Waals surface area contributed by atoms with Crippen LogP contribution in [0, 0.1) is 35.5 Å². The fraction of sp³-hybridized carbons (Fsp3) is 0.375. The summed E-state index contributed by atoms with van der Waals surface area (Å²) in [5, 5.41) is 9.20. The van der Waals surface area contributed by atoms with Crippen molar-refractivity contribution in [2.24, 2.45) is 11.8 Å². The molecule has 0 unspecified atom stereocenters. The minimum Gasteiger partial charge on any atom is -0.478 e. The molecule has 2 aliphatic carbocycles. The lowest BCUT2D eigenvalue weighted by Gasteiger charge is -1.99. The van der Waals surface area contributed by atoms with Gasteiger partial charge < -0.3 is 5.11 Å². The molecule has 2 saturated carbocycles. The SMILES string of the molecule is O=C(O)c1cc(C#CC2CC2)cnc1C#CC1CC1. The van der Waals surface area contributed by atoms with Crippen LogP contribution in [0.1, 0.15) is 47.3 Å². The van der Waals surface area contributed by atoms with Crippen molar-refractivity contribution in [3.8, 4) is 23.7 Å². The van der Waals surface area contributed by atoms with Crippen LogP contribution in [0.3, 0.4) is 0 Å². The van der Waals surface area contributed by atoms with Crippen molar-refractivity contribution in [1.29, 1.82) is 0 Å². The third-order valence-electron chi connectivity index (χ3n) is 3.09. The molecule has 0 aromatic carbocycles. The molecule has 1 N–H and O–H groups in total. The second-order valence-electron chi connectivity index (χ2n) is 5.01. The summed E-state index contributed by atoms with van der Waals surface area (Å²) >= 11 is 0. The Morgan fingerprint density at radius 3 is 2.37 bits per heavy atom. The fourth-order valence-electron chi connectivity index (χ4n) is 1.61. The molecule has 3 heteroatoms. The molecule has 0 spiro atoms. The largest absolute Gasteiger partial charge is 0.478 e. The van der Waals surface area contributed by atoms with Gasteiger partial charge >= 0.3 is 5.97 Å². The Hall–Kier alpha value is -2.26. The average Bonchev–Trinajstić information content (AvgIpc) is 3.28. The van der Waals surface area contributed by atoms with Gasteiger partial charge in [-0.15, -0.1) is 0 Å². The van der Waals surface area contributed by atoms with E-state index >= 15 is 0 Å². The highest BCUT2D eigenvalue weighted by Gasteiger charge is 2.19. The van der Waals surface area contributed by atoms with Crippen molar-refractivity contribution in [1.82, 2.24) is 4.98 Å². The predicted octanol–water partition coefficient (Wildman–Crippen LogP) is 2.30. The zero-order valence-corrected chi connectivity index (χ0v) is 10.4. The number of nitrogens with zero attached hydrogens (tertiary/aromatic N) is 1. The maximum Gasteiger partial charge on any atom is 0.338 e. The fourth-order valence-corrected chi connectivity index (χ4v) is 1.61. The predicted molar refractivity (Wildman–Crippen MR) is 70.4 cm³/mol. The van der Waals surface area contributed by atoms with Crippen LogP contribution in [0.4, 0.5) is 0 Å². The van der Waals surface area contributed by atoms with Gasteiger partial charge in [0.1, 0.15) is 5.69 Å². The first kappa shape index (κ1) is 11.8. The van der Waals surface area contributed by atoms with E-state index in [2.05, 4.69) is 28.7 Å². The molecule has 0 amide bonds. The number of aromatic nitrogens is 1. The van der Waals surface area contributed by atoms with Crippen molar-refractivity contribution in [3.05, 3.63) is 29.1 Å². The molecule has 0 bridgehead atoms. The van der Waals surface area contributed by atoms with Crippen LogP contribution < -0.4 is 0 Å². The molecule has 0 atom stereocenters. The molecule has 94 valence electrons. The van der Waals surface area contributed by atoms with E-state index in [1.807, 2.05) is 0 Å². The number of carboxylic acids is 1. The topological polar surface area (TPSA) is 50.2 Å². The molecule has 1 heterocycles. The minimum atomic E-state index is -0.998. The molecule has 1 aromatic heterocycles. The molecule has 3 nitrogen and oxygen atoms in total. The lowest BCUT2D eigenvalue weighted by molar-refractivity contribution is 0.0696. The summed E-state index contributed by atoms with van der Waals surface area (Å²) in [6, 6.07) is 1.57. The van der Waals surface area contributed by atoms with E-state index in [1.54, 1.807) is 12.3 Å². The Balaban J connectivity index is 1.90. The number of rotatable bonds is 1. The molecule has 3 rings (SSSR count). The van der Waals surface area contributed by atoms with Crippen LogP contribution in [-0.4, -0.2) is 16.1 Å². The Labute approximate surface area is 112 Å². The van der Waals surface area contributed by atoms with Crippen molar-refractivity contribution >= 4 is 5.97 Å². The number of aromatic carboxylic acids is 1. The highest BCUT2D eigenvalue weighted by Crippen LogP contribution is 2.28. The van der Waals surface area contributed by atoms with E-state index in [1.165, 1.54) is 0 Å². The van der Waals surface area contributed by atoms with Crippen molar-refractivity contribution in [2.45, 2.75) is 25.7 Å². The van der Waals surface area contributed by atoms with Gasteiger partial charge in [0.15, 0.2) is 0 Å². The van der Waals surface area contributed by atoms with E-state index < -0.39 is 5.97 Å². The van der Waals surface area contributed by atoms with E-state index in [0.29, 0.717) is 23.1 Å². The maximum absolute atomic E-state index is 11.2. The molecule has 1 aromatic rings. The van der Waals surface area contributed by atoms with E-state index in [9.17, 15) is 9.90 Å². The van der Waals surface area contributed by atoms with E-state index in [4.69, 9.17) is 0 Å². The van der Waals surface area contributed by atoms with Crippen LogP contribution in [0.15, 0.2) is 12.3 Å². The quantitative estimate of drug-likeness (QED) is 0.779. The zero-order valence-electron chi connectivity index (χ0n) is 10.4. The monoisotopic (exact) mass is 251 g/mol. The average molecular weight is 251 g/mol. The Kier molecular flexibility index (Phi) is 2.97. The summed E-state index contributed by atoms with van der Waals surface area (Å²) in [7, 11) is 0. The Bertz CT molecular complexity index is 647. The zero-order chi connectivity index (χ0) is 13.2. The lowest BCUT2D eigenvalue weighted by atomic mass is 10.1. The van der Waals surface area contributed by atoms with Gasteiger partial charge in [-0.25, -0.2) is 9.78 Å². The highest BCUT2D eigenvalue weighted by molar-refractivity contribution is 5.90. The van der Waals surface area contributed by atoms with Crippen molar-refractivity contribution < 1.29 is 9.90 Å². The first-order valence-corrected chi connectivity index (χ1v) is 6.49. The maximum atomic E-state index is 11.2. The third kappa shape index (κ3) is 3.14. The number of hydrogen-bond acceptors (Lipinski definition) is 2. The van der Waals surface area contributed by atoms with E-state index in [-0.39, 0.29) is 5.56 Å². The highest BCUT2D eigenvalue weighted by atomic mass is 16.4. The summed E-state index contributed by atoms with van der Waals surface area (Å²) in [5.74, 6) is 11.9. The summed E-state index contributed by atoms with van der Waals surface area (Å²) in [6.45, 7) is 0. The lowest BCUT2D eigenvalue weighted by Crippen LogP contribution is -2.03. The van der Waals surface area contributed by atoms with Crippen LogP contribution in [0.2, 0.25) is 0 Å². The summed E-state index contributed by atoms with van der Waals surface area (Å²) in [4.78, 5) is 15.4. The first-order chi connectivity index (χ1) is 9.22. The molecule has 0 aliphatic heterocycles. The second-order valence-corrected chi connectivity index (χ2v) is 5.01. The summed E-state index contributed by atoms with van der Waals surface area (Å²) < 4.78 is 0. The van der Waals surface area contributed by atoms with Gasteiger partial charge in [0.05, 0.1) is 5.56 Å². The van der Waals surface area contributed by atoms with Crippen LogP contribution >= 0.6 is 0 Å². The van der Waals surface area contributed by atoms with Crippen molar-refractivity contribution in [3.63, 3.8) is 0 Å². The van der Waals surface area contributed by atoms with Crippen LogP contribution in [-0.2, 0) is 0 Å². The van der Waals surface area contributed by atoms with Gasteiger partial charge in [-0.3, -0.25) is 0 Å². The molecule has 0 radical (unpaired) electrons. The normalized spacial score (nSPS) is 16.8. The number of pyridine rings is 1. The van der Waals surface area contributed by atoms with Crippen LogP contribution in [0.5, 0.6) is 0 Å². The second kappa shape index (κ2) is 4.78. The van der Waals surface area contributed by atoms with E-state index in [0.717, 1.165) is 25.7 Å². The smallest absolute Gasteiger partial charge is 0.338 e. The van der Waals surface area contributed by atoms with Crippen LogP contribution in [0.25, 0.3) is 0 Å². The summed E-state index contributed by atoms with van der Waals surface area (Å²) in [5.41, 5.74) is 1.15. The molecular weight excluding hydrogens is 238 g/mol. The van der Waals surface area contributed by atoms with Gasteiger partial charge in [0, 0.05) is 23.6 Å². The van der Waals surface area contributed by atoms with Gasteiger partial charge in [-0.1, -0.05) is 17.8 Å². The molecular formula is C16H13NO2.